The lowest BCUT2D eigenvalue weighted by atomic mass is 10.0. The Morgan fingerprint density at radius 3 is 1.32 bits per heavy atom. The van der Waals surface area contributed by atoms with Crippen molar-refractivity contribution in [1.82, 2.24) is 5.32 Å². The van der Waals surface area contributed by atoms with Crippen LogP contribution >= 0.6 is 7.82 Å². The Morgan fingerprint density at radius 2 is 0.865 bits per heavy atom. The number of nitrogens with zero attached hydrogens (tertiary/aromatic N) is 1. The van der Waals surface area contributed by atoms with E-state index < -0.39 is 26.6 Å². The average molecular weight is 1060 g/mol. The van der Waals surface area contributed by atoms with Gasteiger partial charge in [0.05, 0.1) is 33.8 Å². The Hall–Kier alpha value is -2.55. The van der Waals surface area contributed by atoms with Crippen molar-refractivity contribution in [3.8, 4) is 0 Å². The maximum atomic E-state index is 13.5. The van der Waals surface area contributed by atoms with Gasteiger partial charge in [-0.15, -0.1) is 0 Å². The molecule has 0 aromatic carbocycles. The first-order valence-electron chi connectivity index (χ1n) is 30.7. The second-order valence-electron chi connectivity index (χ2n) is 21.8. The first-order chi connectivity index (χ1) is 35.9. The van der Waals surface area contributed by atoms with Crippen LogP contribution < -0.4 is 10.2 Å². The summed E-state index contributed by atoms with van der Waals surface area (Å²) in [6.45, 7) is 6.70. The number of hydrogen-bond donors (Lipinski definition) is 1. The summed E-state index contributed by atoms with van der Waals surface area (Å²) in [5.41, 5.74) is 0. The number of phosphoric ester groups is 1. The number of ether oxygens (including phenoxy) is 1. The maximum absolute atomic E-state index is 13.5. The van der Waals surface area contributed by atoms with Crippen LogP contribution in [0.15, 0.2) is 72.9 Å². The van der Waals surface area contributed by atoms with Gasteiger partial charge in [0.15, 0.2) is 0 Å². The maximum Gasteiger partial charge on any atom is 0.306 e. The van der Waals surface area contributed by atoms with E-state index in [2.05, 4.69) is 86.8 Å². The largest absolute Gasteiger partial charge is 0.756 e. The monoisotopic (exact) mass is 1060 g/mol. The molecule has 0 heterocycles. The molecule has 0 aliphatic rings. The average Bonchev–Trinajstić information content (AvgIpc) is 3.36. The van der Waals surface area contributed by atoms with Crippen molar-refractivity contribution in [3.05, 3.63) is 72.9 Å². The van der Waals surface area contributed by atoms with Crippen LogP contribution in [0.3, 0.4) is 0 Å². The summed E-state index contributed by atoms with van der Waals surface area (Å²) >= 11 is 0. The number of carbonyl (C=O) groups excluding carboxylic acids is 2. The number of unbranched alkanes of at least 4 members (excludes halogenated alkanes) is 29. The van der Waals surface area contributed by atoms with Crippen LogP contribution in [-0.4, -0.2) is 69.4 Å². The molecule has 1 amide bonds. The minimum Gasteiger partial charge on any atom is -0.756 e. The zero-order valence-corrected chi connectivity index (χ0v) is 49.9. The number of nitrogens with one attached hydrogen (secondary N) is 1. The van der Waals surface area contributed by atoms with Crippen LogP contribution in [0.1, 0.15) is 271 Å². The molecule has 0 saturated carbocycles. The van der Waals surface area contributed by atoms with Gasteiger partial charge in [-0.2, -0.15) is 0 Å². The Labute approximate surface area is 457 Å². The number of hydrogen-bond acceptors (Lipinski definition) is 7. The molecular formula is C64H117N2O7P. The fourth-order valence-electron chi connectivity index (χ4n) is 8.63. The molecule has 0 aliphatic carbocycles. The summed E-state index contributed by atoms with van der Waals surface area (Å²) < 4.78 is 30.3. The van der Waals surface area contributed by atoms with Gasteiger partial charge < -0.3 is 28.5 Å². The van der Waals surface area contributed by atoms with Crippen molar-refractivity contribution in [3.63, 3.8) is 0 Å². The lowest BCUT2D eigenvalue weighted by Gasteiger charge is -2.30. The third-order valence-electron chi connectivity index (χ3n) is 13.4. The number of amides is 1. The zero-order valence-electron chi connectivity index (χ0n) is 49.0. The van der Waals surface area contributed by atoms with Gasteiger partial charge >= 0.3 is 5.97 Å². The van der Waals surface area contributed by atoms with Crippen LogP contribution in [0.4, 0.5) is 0 Å². The van der Waals surface area contributed by atoms with Crippen molar-refractivity contribution in [2.75, 3.05) is 40.9 Å². The number of carbonyl (C=O) groups is 2. The SMILES string of the molecule is CC/C=C/C/C=C/C/C=C/C/C=C/CCCCCC(=O)NC(COP(=O)([O-])OCC[N+](C)(C)C)C(/C=C/CCCCCCCCCCC)OC(=O)CCCCCCCCCCCCC/C=C/CCCCCCCC. The second kappa shape index (κ2) is 53.8. The Bertz CT molecular complexity index is 1500. The predicted octanol–water partition coefficient (Wildman–Crippen LogP) is 18.2. The molecule has 10 heteroatoms. The fourth-order valence-corrected chi connectivity index (χ4v) is 9.35. The van der Waals surface area contributed by atoms with Gasteiger partial charge in [0.1, 0.15) is 19.3 Å². The molecule has 74 heavy (non-hydrogen) atoms. The van der Waals surface area contributed by atoms with E-state index in [0.29, 0.717) is 17.4 Å². The molecule has 0 fully saturated rings. The summed E-state index contributed by atoms with van der Waals surface area (Å²) in [7, 11) is 1.16. The number of phosphoric acid groups is 1. The van der Waals surface area contributed by atoms with E-state index in [1.54, 1.807) is 0 Å². The van der Waals surface area contributed by atoms with Crippen LogP contribution in [0.25, 0.3) is 0 Å². The lowest BCUT2D eigenvalue weighted by Crippen LogP contribution is -2.47. The van der Waals surface area contributed by atoms with Gasteiger partial charge in [0.25, 0.3) is 7.82 Å². The highest BCUT2D eigenvalue weighted by atomic mass is 31.2. The molecular weight excluding hydrogens is 940 g/mol. The Balaban J connectivity index is 5.24. The molecule has 0 rings (SSSR count). The number of esters is 1. The third kappa shape index (κ3) is 54.2. The highest BCUT2D eigenvalue weighted by molar-refractivity contribution is 7.45. The van der Waals surface area contributed by atoms with Crippen molar-refractivity contribution in [1.29, 1.82) is 0 Å². The van der Waals surface area contributed by atoms with Crippen molar-refractivity contribution < 1.29 is 37.3 Å². The Kier molecular flexibility index (Phi) is 52.0. The molecule has 1 N–H and O–H groups in total. The zero-order chi connectivity index (χ0) is 54.3. The third-order valence-corrected chi connectivity index (χ3v) is 14.3. The first kappa shape index (κ1) is 71.5. The smallest absolute Gasteiger partial charge is 0.306 e. The van der Waals surface area contributed by atoms with Gasteiger partial charge in [0.2, 0.25) is 5.91 Å². The van der Waals surface area contributed by atoms with Crippen molar-refractivity contribution in [2.24, 2.45) is 0 Å². The summed E-state index contributed by atoms with van der Waals surface area (Å²) in [5.74, 6) is -0.577. The van der Waals surface area contributed by atoms with E-state index in [0.717, 1.165) is 83.5 Å². The second-order valence-corrected chi connectivity index (χ2v) is 23.2. The molecule has 0 aromatic heterocycles. The van der Waals surface area contributed by atoms with E-state index in [9.17, 15) is 19.0 Å². The number of quaternary nitrogens is 1. The summed E-state index contributed by atoms with van der Waals surface area (Å²) in [4.78, 5) is 39.9. The fraction of sp³-hybridized carbons (Fsp3) is 0.781. The first-order valence-corrected chi connectivity index (χ1v) is 32.2. The highest BCUT2D eigenvalue weighted by Crippen LogP contribution is 2.38. The predicted molar refractivity (Wildman–Crippen MR) is 316 cm³/mol. The summed E-state index contributed by atoms with van der Waals surface area (Å²) in [6, 6.07) is -0.906. The molecule has 0 saturated heterocycles. The van der Waals surface area contributed by atoms with Gasteiger partial charge in [-0.25, -0.2) is 0 Å². The van der Waals surface area contributed by atoms with E-state index in [-0.39, 0.29) is 31.3 Å². The standard InChI is InChI=1S/C64H117N2O7P/c1-7-10-13-16-19-22-25-27-29-31-32-33-34-35-37-39-42-45-48-51-54-57-64(68)73-62(55-52-49-46-43-40-24-21-18-15-12-9-3)61(60-72-74(69,70)71-59-58-66(4,5)6)65-63(67)56-53-50-47-44-41-38-36-30-28-26-23-20-17-14-11-8-2/h11,14,20,23,27-30,38,41,52,55,61-62H,7-10,12-13,15-19,21-22,24-26,31-37,39-40,42-51,53-54,56-60H2,1-6H3,(H-,65,67,69,70)/b14-11+,23-20+,29-27+,30-28+,41-38+,55-52+. The van der Waals surface area contributed by atoms with E-state index in [1.165, 1.54) is 148 Å². The molecule has 0 spiro atoms. The molecule has 0 bridgehead atoms. The van der Waals surface area contributed by atoms with Gasteiger partial charge in [-0.3, -0.25) is 14.2 Å². The molecule has 0 radical (unpaired) electrons. The summed E-state index contributed by atoms with van der Waals surface area (Å²) in [6.07, 6.45) is 68.8. The van der Waals surface area contributed by atoms with Gasteiger partial charge in [-0.05, 0) is 96.0 Å². The number of likely N-dealkylation sites (N-methyl/N-ethyl adjacent to an activating group) is 1. The van der Waals surface area contributed by atoms with Gasteiger partial charge in [-0.1, -0.05) is 235 Å². The van der Waals surface area contributed by atoms with Crippen LogP contribution in [0, 0.1) is 0 Å². The normalized spacial score (nSPS) is 14.2. The van der Waals surface area contributed by atoms with Crippen LogP contribution in [-0.2, 0) is 27.9 Å². The highest BCUT2D eigenvalue weighted by Gasteiger charge is 2.27. The molecule has 0 aromatic rings. The molecule has 3 unspecified atom stereocenters. The van der Waals surface area contributed by atoms with Gasteiger partial charge in [0, 0.05) is 12.8 Å². The van der Waals surface area contributed by atoms with E-state index in [1.807, 2.05) is 33.3 Å². The van der Waals surface area contributed by atoms with Crippen LogP contribution in [0.5, 0.6) is 0 Å². The molecule has 430 valence electrons. The topological polar surface area (TPSA) is 114 Å². The number of rotatable bonds is 55. The van der Waals surface area contributed by atoms with Crippen molar-refractivity contribution >= 4 is 19.7 Å². The Morgan fingerprint density at radius 1 is 0.486 bits per heavy atom. The lowest BCUT2D eigenvalue weighted by molar-refractivity contribution is -0.870. The minimum absolute atomic E-state index is 0.0308. The minimum atomic E-state index is -4.71. The molecule has 9 nitrogen and oxygen atoms in total. The summed E-state index contributed by atoms with van der Waals surface area (Å²) in [5, 5.41) is 3.01. The molecule has 0 aliphatic heterocycles. The molecule has 3 atom stereocenters. The van der Waals surface area contributed by atoms with Crippen molar-refractivity contribution in [2.45, 2.75) is 283 Å². The van der Waals surface area contributed by atoms with E-state index >= 15 is 0 Å². The van der Waals surface area contributed by atoms with E-state index in [4.69, 9.17) is 13.8 Å². The quantitative estimate of drug-likeness (QED) is 0.0212. The number of allylic oxidation sites excluding steroid dienone is 11. The van der Waals surface area contributed by atoms with Crippen LogP contribution in [0.2, 0.25) is 0 Å².